The van der Waals surface area contributed by atoms with Crippen molar-refractivity contribution in [2.24, 2.45) is 0 Å². The number of aromatic carboxylic acids is 1. The predicted octanol–water partition coefficient (Wildman–Crippen LogP) is 5.00. The van der Waals surface area contributed by atoms with Gasteiger partial charge in [0.25, 0.3) is 0 Å². The highest BCUT2D eigenvalue weighted by molar-refractivity contribution is 5.98. The van der Waals surface area contributed by atoms with Crippen LogP contribution < -0.4 is 19.5 Å². The molecule has 10 heteroatoms. The third-order valence-electron chi connectivity index (χ3n) is 5.73. The number of nitrogens with one attached hydrogen (secondary N) is 1. The molecule has 3 aromatic rings. The van der Waals surface area contributed by atoms with E-state index in [1.54, 1.807) is 32.0 Å². The molecule has 2 heterocycles. The lowest BCUT2D eigenvalue weighted by Gasteiger charge is -2.24. The molecule has 0 unspecified atom stereocenters. The van der Waals surface area contributed by atoms with E-state index in [1.165, 1.54) is 37.4 Å². The number of halogens is 2. The maximum absolute atomic E-state index is 13.4. The van der Waals surface area contributed by atoms with E-state index in [1.807, 2.05) is 6.92 Å². The zero-order valence-corrected chi connectivity index (χ0v) is 19.3. The molecule has 1 aliphatic heterocycles. The van der Waals surface area contributed by atoms with Crippen LogP contribution in [0.5, 0.6) is 17.2 Å². The van der Waals surface area contributed by atoms with Gasteiger partial charge in [-0.25, -0.2) is 9.78 Å². The van der Waals surface area contributed by atoms with Crippen LogP contribution in [0.3, 0.4) is 0 Å². The number of methoxy groups -OCH3 is 1. The number of carboxylic acid groups (broad SMARTS) is 1. The minimum Gasteiger partial charge on any atom is -0.496 e. The SMILES string of the molecule is COc1ccc(-c2nc(NC(=O)C(C)(C)c3ccc4c(c3)OC(F)(F)O4)ccc2C)cc1C(=O)O. The van der Waals surface area contributed by atoms with Gasteiger partial charge in [-0.2, -0.15) is 0 Å². The minimum absolute atomic E-state index is 0.0184. The van der Waals surface area contributed by atoms with Crippen LogP contribution in [-0.4, -0.2) is 35.4 Å². The summed E-state index contributed by atoms with van der Waals surface area (Å²) in [5.41, 5.74) is 1.06. The number of hydrogen-bond donors (Lipinski definition) is 2. The maximum Gasteiger partial charge on any atom is 0.586 e. The van der Waals surface area contributed by atoms with Gasteiger partial charge in [0.05, 0.1) is 18.2 Å². The Hall–Kier alpha value is -4.21. The number of carbonyl (C=O) groups excluding carboxylic acids is 1. The number of carbonyl (C=O) groups is 2. The van der Waals surface area contributed by atoms with Crippen molar-refractivity contribution in [3.63, 3.8) is 0 Å². The summed E-state index contributed by atoms with van der Waals surface area (Å²) in [6, 6.07) is 12.2. The van der Waals surface area contributed by atoms with E-state index >= 15 is 0 Å². The van der Waals surface area contributed by atoms with E-state index in [9.17, 15) is 23.5 Å². The first-order valence-corrected chi connectivity index (χ1v) is 10.5. The first-order valence-electron chi connectivity index (χ1n) is 10.5. The zero-order chi connectivity index (χ0) is 25.5. The lowest BCUT2D eigenvalue weighted by molar-refractivity contribution is -0.286. The van der Waals surface area contributed by atoms with Gasteiger partial charge >= 0.3 is 12.3 Å². The number of amides is 1. The molecular formula is C25H22F2N2O6. The first kappa shape index (κ1) is 23.9. The summed E-state index contributed by atoms with van der Waals surface area (Å²) in [7, 11) is 1.38. The van der Waals surface area contributed by atoms with E-state index in [2.05, 4.69) is 19.8 Å². The Morgan fingerprint density at radius 2 is 1.77 bits per heavy atom. The van der Waals surface area contributed by atoms with Gasteiger partial charge in [0, 0.05) is 5.56 Å². The Morgan fingerprint density at radius 3 is 2.46 bits per heavy atom. The van der Waals surface area contributed by atoms with Crippen LogP contribution in [0.25, 0.3) is 11.3 Å². The predicted molar refractivity (Wildman–Crippen MR) is 122 cm³/mol. The fraction of sp³-hybridized carbons (Fsp3) is 0.240. The monoisotopic (exact) mass is 484 g/mol. The molecule has 2 N–H and O–H groups in total. The van der Waals surface area contributed by atoms with Gasteiger partial charge in [-0.05, 0) is 68.3 Å². The molecule has 0 atom stereocenters. The fourth-order valence-electron chi connectivity index (χ4n) is 3.65. The lowest BCUT2D eigenvalue weighted by atomic mass is 9.83. The molecule has 8 nitrogen and oxygen atoms in total. The maximum atomic E-state index is 13.4. The van der Waals surface area contributed by atoms with Crippen LogP contribution in [0.2, 0.25) is 0 Å². The molecule has 0 spiro atoms. The Labute approximate surface area is 199 Å². The molecule has 4 rings (SSSR count). The van der Waals surface area contributed by atoms with Crippen LogP contribution in [0.1, 0.15) is 35.3 Å². The molecule has 0 fully saturated rings. The van der Waals surface area contributed by atoms with E-state index in [4.69, 9.17) is 4.74 Å². The van der Waals surface area contributed by atoms with E-state index in [0.29, 0.717) is 16.8 Å². The highest BCUT2D eigenvalue weighted by Crippen LogP contribution is 2.43. The summed E-state index contributed by atoms with van der Waals surface area (Å²) in [5.74, 6) is -1.39. The van der Waals surface area contributed by atoms with Crippen LogP contribution in [0.15, 0.2) is 48.5 Å². The van der Waals surface area contributed by atoms with Crippen molar-refractivity contribution in [2.45, 2.75) is 32.5 Å². The Balaban J connectivity index is 1.61. The van der Waals surface area contributed by atoms with Crippen molar-refractivity contribution in [1.82, 2.24) is 4.98 Å². The van der Waals surface area contributed by atoms with Crippen molar-refractivity contribution >= 4 is 17.7 Å². The van der Waals surface area contributed by atoms with Gasteiger partial charge in [-0.3, -0.25) is 4.79 Å². The summed E-state index contributed by atoms with van der Waals surface area (Å²) in [4.78, 5) is 29.3. The van der Waals surface area contributed by atoms with Gasteiger partial charge in [0.1, 0.15) is 17.1 Å². The molecule has 2 aromatic carbocycles. The molecule has 1 amide bonds. The van der Waals surface area contributed by atoms with Crippen LogP contribution in [-0.2, 0) is 10.2 Å². The van der Waals surface area contributed by atoms with Crippen molar-refractivity contribution in [3.8, 4) is 28.5 Å². The molecule has 35 heavy (non-hydrogen) atoms. The van der Waals surface area contributed by atoms with Crippen molar-refractivity contribution in [2.75, 3.05) is 12.4 Å². The van der Waals surface area contributed by atoms with Gasteiger partial charge < -0.3 is 24.6 Å². The molecule has 0 saturated carbocycles. The lowest BCUT2D eigenvalue weighted by Crippen LogP contribution is -2.35. The van der Waals surface area contributed by atoms with Crippen LogP contribution in [0.4, 0.5) is 14.6 Å². The number of pyridine rings is 1. The van der Waals surface area contributed by atoms with Crippen molar-refractivity contribution in [1.29, 1.82) is 0 Å². The number of nitrogens with zero attached hydrogens (tertiary/aromatic N) is 1. The van der Waals surface area contributed by atoms with Crippen molar-refractivity contribution < 1.29 is 37.7 Å². The quantitative estimate of drug-likeness (QED) is 0.507. The van der Waals surface area contributed by atoms with Gasteiger partial charge in [-0.15, -0.1) is 8.78 Å². The average molecular weight is 484 g/mol. The van der Waals surface area contributed by atoms with Crippen molar-refractivity contribution in [3.05, 3.63) is 65.2 Å². The summed E-state index contributed by atoms with van der Waals surface area (Å²) < 4.78 is 40.7. The topological polar surface area (TPSA) is 107 Å². The van der Waals surface area contributed by atoms with Gasteiger partial charge in [-0.1, -0.05) is 12.1 Å². The molecule has 1 aliphatic rings. The molecule has 0 radical (unpaired) electrons. The molecular weight excluding hydrogens is 462 g/mol. The number of alkyl halides is 2. The normalized spacial score (nSPS) is 13.9. The average Bonchev–Trinajstić information content (AvgIpc) is 3.12. The Morgan fingerprint density at radius 1 is 1.06 bits per heavy atom. The molecule has 0 saturated heterocycles. The standard InChI is InChI=1S/C25H22F2N2O6/c1-13-5-10-20(28-21(13)14-6-8-17(33-4)16(11-14)22(30)31)29-23(32)24(2,3)15-7-9-18-19(12-15)35-25(26,27)34-18/h5-12H,1-4H3,(H,30,31)(H,28,29,32). The van der Waals surface area contributed by atoms with E-state index in [-0.39, 0.29) is 28.6 Å². The molecule has 182 valence electrons. The zero-order valence-electron chi connectivity index (χ0n) is 19.3. The summed E-state index contributed by atoms with van der Waals surface area (Å²) >= 11 is 0. The molecule has 0 aliphatic carbocycles. The largest absolute Gasteiger partial charge is 0.586 e. The number of aromatic nitrogens is 1. The summed E-state index contributed by atoms with van der Waals surface area (Å²) in [6.45, 7) is 5.08. The number of fused-ring (bicyclic) bond motifs is 1. The molecule has 1 aromatic heterocycles. The number of aryl methyl sites for hydroxylation is 1. The van der Waals surface area contributed by atoms with Gasteiger partial charge in [0.15, 0.2) is 11.5 Å². The number of rotatable bonds is 6. The number of hydrogen-bond acceptors (Lipinski definition) is 6. The van der Waals surface area contributed by atoms with E-state index < -0.39 is 23.6 Å². The smallest absolute Gasteiger partial charge is 0.496 e. The van der Waals surface area contributed by atoms with Crippen LogP contribution >= 0.6 is 0 Å². The second-order valence-corrected chi connectivity index (χ2v) is 8.49. The fourth-order valence-corrected chi connectivity index (χ4v) is 3.65. The number of benzene rings is 2. The highest BCUT2D eigenvalue weighted by Gasteiger charge is 2.44. The number of carboxylic acids is 1. The van der Waals surface area contributed by atoms with Crippen LogP contribution in [0, 0.1) is 6.92 Å². The number of anilines is 1. The second kappa shape index (κ2) is 8.53. The molecule has 0 bridgehead atoms. The Bertz CT molecular complexity index is 1340. The third-order valence-corrected chi connectivity index (χ3v) is 5.73. The van der Waals surface area contributed by atoms with E-state index in [0.717, 1.165) is 5.56 Å². The highest BCUT2D eigenvalue weighted by atomic mass is 19.3. The minimum atomic E-state index is -3.75. The Kier molecular flexibility index (Phi) is 5.84. The van der Waals surface area contributed by atoms with Gasteiger partial charge in [0.2, 0.25) is 5.91 Å². The third kappa shape index (κ3) is 4.59. The summed E-state index contributed by atoms with van der Waals surface area (Å²) in [5, 5.41) is 12.2. The second-order valence-electron chi connectivity index (χ2n) is 8.49. The number of ether oxygens (including phenoxy) is 3. The first-order chi connectivity index (χ1) is 16.4. The summed E-state index contributed by atoms with van der Waals surface area (Å²) in [6.07, 6.45) is -3.75.